The molecule has 0 saturated heterocycles. The lowest BCUT2D eigenvalue weighted by Gasteiger charge is -2.18. The first-order chi connectivity index (χ1) is 12.1. The minimum Gasteiger partial charge on any atom is -0.368 e. The molecule has 0 atom stereocenters. The lowest BCUT2D eigenvalue weighted by atomic mass is 10.1. The molecule has 1 aromatic carbocycles. The summed E-state index contributed by atoms with van der Waals surface area (Å²) < 4.78 is 37.8. The molecule has 0 radical (unpaired) electrons. The SMILES string of the molecule is CC(C)Cc1cc(C(=O)N(C)Cc2ccc(C(F)(F)F)cc2)nc(N)n1. The van der Waals surface area contributed by atoms with Crippen LogP contribution in [-0.2, 0) is 19.1 Å². The fourth-order valence-corrected chi connectivity index (χ4v) is 2.49. The van der Waals surface area contributed by atoms with Gasteiger partial charge in [0.05, 0.1) is 5.56 Å². The molecule has 1 amide bonds. The second kappa shape index (κ2) is 7.72. The van der Waals surface area contributed by atoms with Gasteiger partial charge in [0.15, 0.2) is 0 Å². The number of rotatable bonds is 5. The van der Waals surface area contributed by atoms with Gasteiger partial charge in [0.2, 0.25) is 5.95 Å². The van der Waals surface area contributed by atoms with Crippen molar-refractivity contribution in [3.05, 3.63) is 52.8 Å². The molecule has 0 aliphatic heterocycles. The molecule has 0 aliphatic rings. The van der Waals surface area contributed by atoms with Crippen molar-refractivity contribution in [1.82, 2.24) is 14.9 Å². The van der Waals surface area contributed by atoms with Crippen LogP contribution in [0.5, 0.6) is 0 Å². The van der Waals surface area contributed by atoms with Crippen molar-refractivity contribution in [3.63, 3.8) is 0 Å². The molecule has 0 saturated carbocycles. The Morgan fingerprint density at radius 1 is 1.19 bits per heavy atom. The Morgan fingerprint density at radius 2 is 1.81 bits per heavy atom. The number of carbonyl (C=O) groups is 1. The summed E-state index contributed by atoms with van der Waals surface area (Å²) in [5, 5.41) is 0. The third-order valence-corrected chi connectivity index (χ3v) is 3.68. The number of nitrogens with two attached hydrogens (primary N) is 1. The average Bonchev–Trinajstić information content (AvgIpc) is 2.52. The van der Waals surface area contributed by atoms with Gasteiger partial charge in [0, 0.05) is 19.3 Å². The van der Waals surface area contributed by atoms with Gasteiger partial charge < -0.3 is 10.6 Å². The van der Waals surface area contributed by atoms with Gasteiger partial charge in [-0.2, -0.15) is 13.2 Å². The number of anilines is 1. The Morgan fingerprint density at radius 3 is 2.35 bits per heavy atom. The van der Waals surface area contributed by atoms with E-state index in [1.54, 1.807) is 13.1 Å². The first-order valence-corrected chi connectivity index (χ1v) is 8.11. The average molecular weight is 366 g/mol. The van der Waals surface area contributed by atoms with Gasteiger partial charge in [-0.1, -0.05) is 26.0 Å². The number of benzene rings is 1. The smallest absolute Gasteiger partial charge is 0.368 e. The van der Waals surface area contributed by atoms with Gasteiger partial charge in [-0.3, -0.25) is 4.79 Å². The summed E-state index contributed by atoms with van der Waals surface area (Å²) in [6, 6.07) is 6.30. The maximum atomic E-state index is 12.6. The van der Waals surface area contributed by atoms with E-state index in [0.29, 0.717) is 23.6 Å². The molecule has 1 heterocycles. The van der Waals surface area contributed by atoms with Gasteiger partial charge in [-0.15, -0.1) is 0 Å². The summed E-state index contributed by atoms with van der Waals surface area (Å²) in [5.74, 6) is -0.00411. The number of alkyl halides is 3. The molecule has 5 nitrogen and oxygen atoms in total. The van der Waals surface area contributed by atoms with E-state index in [1.165, 1.54) is 17.0 Å². The Hall–Kier alpha value is -2.64. The molecule has 0 fully saturated rings. The molecule has 2 N–H and O–H groups in total. The van der Waals surface area contributed by atoms with Crippen LogP contribution in [0.3, 0.4) is 0 Å². The lowest BCUT2D eigenvalue weighted by molar-refractivity contribution is -0.137. The number of nitrogen functional groups attached to an aromatic ring is 1. The summed E-state index contributed by atoms with van der Waals surface area (Å²) in [6.45, 7) is 4.20. The molecule has 2 rings (SSSR count). The largest absolute Gasteiger partial charge is 0.416 e. The van der Waals surface area contributed by atoms with Crippen LogP contribution in [0.25, 0.3) is 0 Å². The maximum Gasteiger partial charge on any atom is 0.416 e. The molecule has 0 spiro atoms. The van der Waals surface area contributed by atoms with E-state index in [0.717, 1.165) is 12.1 Å². The summed E-state index contributed by atoms with van der Waals surface area (Å²) in [7, 11) is 1.56. The molecule has 2 aromatic rings. The van der Waals surface area contributed by atoms with Gasteiger partial charge >= 0.3 is 6.18 Å². The third-order valence-electron chi connectivity index (χ3n) is 3.68. The van der Waals surface area contributed by atoms with E-state index in [9.17, 15) is 18.0 Å². The van der Waals surface area contributed by atoms with Crippen LogP contribution in [0.2, 0.25) is 0 Å². The molecule has 0 aliphatic carbocycles. The van der Waals surface area contributed by atoms with Gasteiger partial charge in [0.1, 0.15) is 5.69 Å². The highest BCUT2D eigenvalue weighted by Gasteiger charge is 2.30. The van der Waals surface area contributed by atoms with E-state index in [1.807, 2.05) is 13.8 Å². The van der Waals surface area contributed by atoms with Crippen molar-refractivity contribution in [1.29, 1.82) is 0 Å². The van der Waals surface area contributed by atoms with Crippen LogP contribution in [0, 0.1) is 5.92 Å². The van der Waals surface area contributed by atoms with Gasteiger partial charge in [-0.05, 0) is 36.1 Å². The van der Waals surface area contributed by atoms with Crippen LogP contribution in [0.4, 0.5) is 19.1 Å². The number of halogens is 3. The van der Waals surface area contributed by atoms with Crippen molar-refractivity contribution in [2.75, 3.05) is 12.8 Å². The first kappa shape index (κ1) is 19.7. The number of amides is 1. The van der Waals surface area contributed by atoms with E-state index in [2.05, 4.69) is 9.97 Å². The van der Waals surface area contributed by atoms with Crippen molar-refractivity contribution >= 4 is 11.9 Å². The Balaban J connectivity index is 2.13. The molecule has 8 heteroatoms. The summed E-state index contributed by atoms with van der Waals surface area (Å²) in [5.41, 5.74) is 6.39. The standard InChI is InChI=1S/C18H21F3N4O/c1-11(2)8-14-9-15(24-17(22)23-14)16(26)25(3)10-12-4-6-13(7-5-12)18(19,20)21/h4-7,9,11H,8,10H2,1-3H3,(H2,22,23,24). The second-order valence-corrected chi connectivity index (χ2v) is 6.56. The number of nitrogens with zero attached hydrogens (tertiary/aromatic N) is 3. The zero-order valence-electron chi connectivity index (χ0n) is 14.8. The van der Waals surface area contributed by atoms with E-state index in [-0.39, 0.29) is 24.1 Å². The van der Waals surface area contributed by atoms with Crippen LogP contribution < -0.4 is 5.73 Å². The molecular formula is C18H21F3N4O. The highest BCUT2D eigenvalue weighted by molar-refractivity contribution is 5.92. The van der Waals surface area contributed by atoms with E-state index >= 15 is 0 Å². The van der Waals surface area contributed by atoms with Crippen molar-refractivity contribution in [3.8, 4) is 0 Å². The molecular weight excluding hydrogens is 345 g/mol. The van der Waals surface area contributed by atoms with Crippen molar-refractivity contribution in [2.45, 2.75) is 33.0 Å². The molecule has 26 heavy (non-hydrogen) atoms. The van der Waals surface area contributed by atoms with Crippen molar-refractivity contribution < 1.29 is 18.0 Å². The third kappa shape index (κ3) is 5.18. The highest BCUT2D eigenvalue weighted by atomic mass is 19.4. The lowest BCUT2D eigenvalue weighted by Crippen LogP contribution is -2.27. The first-order valence-electron chi connectivity index (χ1n) is 8.11. The van der Waals surface area contributed by atoms with Gasteiger partial charge in [0.25, 0.3) is 5.91 Å². The van der Waals surface area contributed by atoms with Crippen LogP contribution >= 0.6 is 0 Å². The van der Waals surface area contributed by atoms with Gasteiger partial charge in [-0.25, -0.2) is 9.97 Å². The van der Waals surface area contributed by atoms with Crippen LogP contribution in [-0.4, -0.2) is 27.8 Å². The number of hydrogen-bond acceptors (Lipinski definition) is 4. The zero-order valence-corrected chi connectivity index (χ0v) is 14.8. The predicted octanol–water partition coefficient (Wildman–Crippen LogP) is 3.55. The topological polar surface area (TPSA) is 72.1 Å². The zero-order chi connectivity index (χ0) is 19.5. The number of carbonyl (C=O) groups excluding carboxylic acids is 1. The molecule has 0 bridgehead atoms. The molecule has 140 valence electrons. The highest BCUT2D eigenvalue weighted by Crippen LogP contribution is 2.29. The normalized spacial score (nSPS) is 11.7. The minimum atomic E-state index is -4.38. The summed E-state index contributed by atoms with van der Waals surface area (Å²) in [6.07, 6.45) is -3.72. The Kier molecular flexibility index (Phi) is 5.84. The quantitative estimate of drug-likeness (QED) is 0.878. The fraction of sp³-hybridized carbons (Fsp3) is 0.389. The Labute approximate surface area is 150 Å². The van der Waals surface area contributed by atoms with Crippen LogP contribution in [0.1, 0.15) is 41.2 Å². The van der Waals surface area contributed by atoms with Crippen molar-refractivity contribution in [2.24, 2.45) is 5.92 Å². The summed E-state index contributed by atoms with van der Waals surface area (Å²) >= 11 is 0. The summed E-state index contributed by atoms with van der Waals surface area (Å²) in [4.78, 5) is 22.0. The second-order valence-electron chi connectivity index (χ2n) is 6.56. The van der Waals surface area contributed by atoms with Crippen LogP contribution in [0.15, 0.2) is 30.3 Å². The molecule has 1 aromatic heterocycles. The fourth-order valence-electron chi connectivity index (χ4n) is 2.49. The number of aromatic nitrogens is 2. The maximum absolute atomic E-state index is 12.6. The number of hydrogen-bond donors (Lipinski definition) is 1. The van der Waals surface area contributed by atoms with E-state index < -0.39 is 11.7 Å². The minimum absolute atomic E-state index is 0.0226. The van der Waals surface area contributed by atoms with E-state index in [4.69, 9.17) is 5.73 Å². The molecule has 0 unspecified atom stereocenters. The monoisotopic (exact) mass is 366 g/mol. The predicted molar refractivity (Wildman–Crippen MR) is 92.2 cm³/mol. The Bertz CT molecular complexity index is 773.